The van der Waals surface area contributed by atoms with E-state index in [0.29, 0.717) is 30.3 Å². The number of halogens is 3. The number of aromatic nitrogens is 2. The van der Waals surface area contributed by atoms with Crippen molar-refractivity contribution >= 4 is 60.9 Å². The van der Waals surface area contributed by atoms with E-state index in [4.69, 9.17) is 16.3 Å². The summed E-state index contributed by atoms with van der Waals surface area (Å²) in [4.78, 5) is 18.1. The highest BCUT2D eigenvalue weighted by atomic mass is 79.9. The lowest BCUT2D eigenvalue weighted by atomic mass is 10.2. The van der Waals surface area contributed by atoms with Gasteiger partial charge in [-0.2, -0.15) is 0 Å². The first-order valence-electron chi connectivity index (χ1n) is 9.28. The summed E-state index contributed by atoms with van der Waals surface area (Å²) in [5.74, 6) is 0.0781. The molecule has 2 aromatic heterocycles. The first-order chi connectivity index (χ1) is 15.0. The molecule has 8 heteroatoms. The van der Waals surface area contributed by atoms with Gasteiger partial charge in [-0.25, -0.2) is 13.8 Å². The number of ether oxygens (including phenoxy) is 1. The van der Waals surface area contributed by atoms with E-state index >= 15 is 0 Å². The standard InChI is InChI=1S/C23H13BrClFN2O2S/c24-15-9-13(10-16(25)21(15)30-12-14-5-1-2-6-17(14)26)11-20-22(29)28-19-8-4-3-7-18(19)27-23(28)31-20/h1-11H,12H2. The first-order valence-corrected chi connectivity index (χ1v) is 11.3. The first kappa shape index (κ1) is 20.2. The number of hydrogen-bond acceptors (Lipinski definition) is 4. The van der Waals surface area contributed by atoms with Crippen molar-refractivity contribution in [2.75, 3.05) is 0 Å². The quantitative estimate of drug-likeness (QED) is 0.313. The second-order valence-electron chi connectivity index (χ2n) is 6.83. The molecule has 0 fully saturated rings. The van der Waals surface area contributed by atoms with Gasteiger partial charge in [0.1, 0.15) is 12.4 Å². The van der Waals surface area contributed by atoms with Crippen LogP contribution in [0.3, 0.4) is 0 Å². The molecule has 0 bridgehead atoms. The summed E-state index contributed by atoms with van der Waals surface area (Å²) in [5.41, 5.74) is 2.63. The van der Waals surface area contributed by atoms with E-state index in [0.717, 1.165) is 16.6 Å². The molecule has 4 nitrogen and oxygen atoms in total. The Balaban J connectivity index is 1.50. The van der Waals surface area contributed by atoms with E-state index in [1.165, 1.54) is 17.4 Å². The van der Waals surface area contributed by atoms with Gasteiger partial charge in [0.05, 0.1) is 25.1 Å². The van der Waals surface area contributed by atoms with Crippen LogP contribution in [0.25, 0.3) is 22.1 Å². The lowest BCUT2D eigenvalue weighted by molar-refractivity contribution is 0.298. The molecule has 0 saturated carbocycles. The summed E-state index contributed by atoms with van der Waals surface area (Å²) in [6, 6.07) is 17.5. The van der Waals surface area contributed by atoms with Crippen molar-refractivity contribution in [2.45, 2.75) is 6.61 Å². The van der Waals surface area contributed by atoms with Crippen LogP contribution in [-0.4, -0.2) is 9.38 Å². The topological polar surface area (TPSA) is 43.6 Å². The summed E-state index contributed by atoms with van der Waals surface area (Å²) in [5, 5.41) is 0.358. The molecule has 5 aromatic rings. The number of fused-ring (bicyclic) bond motifs is 3. The highest BCUT2D eigenvalue weighted by Crippen LogP contribution is 2.35. The maximum absolute atomic E-state index is 13.8. The predicted octanol–water partition coefficient (Wildman–Crippen LogP) is 5.59. The second kappa shape index (κ2) is 8.07. The van der Waals surface area contributed by atoms with Gasteiger partial charge in [0, 0.05) is 5.56 Å². The van der Waals surface area contributed by atoms with Crippen LogP contribution >= 0.6 is 38.9 Å². The van der Waals surface area contributed by atoms with Crippen molar-refractivity contribution in [3.8, 4) is 5.75 Å². The van der Waals surface area contributed by atoms with Crippen LogP contribution in [-0.2, 0) is 6.61 Å². The number of benzene rings is 3. The molecule has 3 aromatic carbocycles. The largest absolute Gasteiger partial charge is 0.486 e. The van der Waals surface area contributed by atoms with Crippen LogP contribution in [0.4, 0.5) is 4.39 Å². The Kier molecular flexibility index (Phi) is 5.25. The van der Waals surface area contributed by atoms with E-state index in [-0.39, 0.29) is 18.0 Å². The SMILES string of the molecule is O=c1c(=Cc2cc(Cl)c(OCc3ccccc3F)c(Br)c2)sc2nc3ccccc3n12. The molecule has 0 amide bonds. The molecule has 31 heavy (non-hydrogen) atoms. The average molecular weight is 516 g/mol. The minimum atomic E-state index is -0.335. The van der Waals surface area contributed by atoms with Crippen LogP contribution in [0, 0.1) is 5.82 Å². The van der Waals surface area contributed by atoms with E-state index in [1.807, 2.05) is 30.3 Å². The molecule has 5 rings (SSSR count). The number of rotatable bonds is 4. The Hall–Kier alpha value is -2.74. The summed E-state index contributed by atoms with van der Waals surface area (Å²) >= 11 is 11.2. The Morgan fingerprint density at radius 3 is 2.74 bits per heavy atom. The fraction of sp³-hybridized carbons (Fsp3) is 0.0435. The van der Waals surface area contributed by atoms with Gasteiger partial charge in [-0.1, -0.05) is 53.3 Å². The average Bonchev–Trinajstić information content (AvgIpc) is 3.25. The van der Waals surface area contributed by atoms with Gasteiger partial charge in [-0.05, 0) is 57.9 Å². The van der Waals surface area contributed by atoms with Gasteiger partial charge in [-0.15, -0.1) is 0 Å². The summed E-state index contributed by atoms with van der Waals surface area (Å²) in [7, 11) is 0. The number of nitrogens with zero attached hydrogens (tertiary/aromatic N) is 2. The molecule has 2 heterocycles. The molecule has 0 aliphatic rings. The van der Waals surface area contributed by atoms with Crippen molar-refractivity contribution < 1.29 is 9.13 Å². The van der Waals surface area contributed by atoms with Gasteiger partial charge >= 0.3 is 0 Å². The van der Waals surface area contributed by atoms with E-state index < -0.39 is 0 Å². The molecular weight excluding hydrogens is 503 g/mol. The van der Waals surface area contributed by atoms with Crippen LogP contribution in [0.2, 0.25) is 5.02 Å². The summed E-state index contributed by atoms with van der Waals surface area (Å²) in [6.07, 6.45) is 1.77. The van der Waals surface area contributed by atoms with Crippen molar-refractivity contribution in [1.82, 2.24) is 9.38 Å². The molecular formula is C23H13BrClFN2O2S. The molecule has 0 N–H and O–H groups in total. The smallest absolute Gasteiger partial charge is 0.274 e. The molecule has 0 saturated heterocycles. The number of thiazole rings is 1. The third-order valence-corrected chi connectivity index (χ3v) is 6.63. The Labute approximate surface area is 193 Å². The van der Waals surface area contributed by atoms with Gasteiger partial charge in [0.15, 0.2) is 10.7 Å². The number of hydrogen-bond donors (Lipinski definition) is 0. The Morgan fingerprint density at radius 2 is 1.94 bits per heavy atom. The van der Waals surface area contributed by atoms with Crippen molar-refractivity contribution in [3.05, 3.63) is 102 Å². The fourth-order valence-corrected chi connectivity index (χ4v) is 5.31. The van der Waals surface area contributed by atoms with Gasteiger partial charge in [-0.3, -0.25) is 4.79 Å². The van der Waals surface area contributed by atoms with Gasteiger partial charge in [0.2, 0.25) is 0 Å². The van der Waals surface area contributed by atoms with Gasteiger partial charge < -0.3 is 4.74 Å². The Bertz CT molecular complexity index is 1540. The third kappa shape index (κ3) is 3.73. The molecule has 0 spiro atoms. The maximum atomic E-state index is 13.8. The zero-order chi connectivity index (χ0) is 21.5. The minimum absolute atomic E-state index is 0.0496. The van der Waals surface area contributed by atoms with Crippen molar-refractivity contribution in [3.63, 3.8) is 0 Å². The zero-order valence-electron chi connectivity index (χ0n) is 15.8. The number of para-hydroxylation sites is 2. The van der Waals surface area contributed by atoms with E-state index in [2.05, 4.69) is 20.9 Å². The van der Waals surface area contributed by atoms with Crippen LogP contribution in [0.15, 0.2) is 69.9 Å². The third-order valence-electron chi connectivity index (χ3n) is 4.79. The molecule has 0 radical (unpaired) electrons. The maximum Gasteiger partial charge on any atom is 0.274 e. The fourth-order valence-electron chi connectivity index (χ4n) is 3.33. The predicted molar refractivity (Wildman–Crippen MR) is 126 cm³/mol. The second-order valence-corrected chi connectivity index (χ2v) is 9.10. The molecule has 0 atom stereocenters. The highest BCUT2D eigenvalue weighted by Gasteiger charge is 2.13. The molecule has 0 unspecified atom stereocenters. The van der Waals surface area contributed by atoms with Crippen LogP contribution < -0.4 is 14.8 Å². The van der Waals surface area contributed by atoms with E-state index in [9.17, 15) is 9.18 Å². The van der Waals surface area contributed by atoms with E-state index in [1.54, 1.807) is 34.7 Å². The normalized spacial score (nSPS) is 12.2. The lowest BCUT2D eigenvalue weighted by Crippen LogP contribution is -2.22. The molecule has 0 aliphatic heterocycles. The zero-order valence-corrected chi connectivity index (χ0v) is 19.0. The lowest BCUT2D eigenvalue weighted by Gasteiger charge is -2.11. The highest BCUT2D eigenvalue weighted by molar-refractivity contribution is 9.10. The summed E-state index contributed by atoms with van der Waals surface area (Å²) in [6.45, 7) is 0.0496. The summed E-state index contributed by atoms with van der Waals surface area (Å²) < 4.78 is 22.4. The Morgan fingerprint density at radius 1 is 1.16 bits per heavy atom. The van der Waals surface area contributed by atoms with Crippen molar-refractivity contribution in [1.29, 1.82) is 0 Å². The van der Waals surface area contributed by atoms with Gasteiger partial charge in [0.25, 0.3) is 5.56 Å². The van der Waals surface area contributed by atoms with Crippen LogP contribution in [0.5, 0.6) is 5.75 Å². The van der Waals surface area contributed by atoms with Crippen LogP contribution in [0.1, 0.15) is 11.1 Å². The van der Waals surface area contributed by atoms with Crippen molar-refractivity contribution in [2.24, 2.45) is 0 Å². The minimum Gasteiger partial charge on any atom is -0.486 e. The molecule has 0 aliphatic carbocycles. The number of imidazole rings is 1. The monoisotopic (exact) mass is 514 g/mol. The molecule has 154 valence electrons.